The third-order valence-corrected chi connectivity index (χ3v) is 2.63. The zero-order chi connectivity index (χ0) is 12.7. The number of benzene rings is 1. The van der Waals surface area contributed by atoms with Gasteiger partial charge in [0.15, 0.2) is 0 Å². The highest BCUT2D eigenvalue weighted by molar-refractivity contribution is 6.08. The average molecular weight is 238 g/mol. The molecule has 0 saturated heterocycles. The standard InChI is InChI=1S/C12H12F2N2O/c1-6-10(12(17)16(2)3)8-4-7(13)5-9(14)11(8)15-6/h4-5,15H,1-3H3. The zero-order valence-corrected chi connectivity index (χ0v) is 9.77. The van der Waals surface area contributed by atoms with Crippen LogP contribution in [0.1, 0.15) is 16.1 Å². The predicted octanol–water partition coefficient (Wildman–Crippen LogP) is 2.46. The summed E-state index contributed by atoms with van der Waals surface area (Å²) in [5.74, 6) is -1.67. The van der Waals surface area contributed by atoms with E-state index in [2.05, 4.69) is 4.98 Å². The molecule has 1 N–H and O–H groups in total. The van der Waals surface area contributed by atoms with E-state index in [4.69, 9.17) is 0 Å². The Morgan fingerprint density at radius 3 is 2.53 bits per heavy atom. The number of H-pyrrole nitrogens is 1. The fourth-order valence-corrected chi connectivity index (χ4v) is 1.85. The van der Waals surface area contributed by atoms with E-state index in [-0.39, 0.29) is 16.8 Å². The molecule has 0 atom stereocenters. The molecule has 1 aromatic carbocycles. The van der Waals surface area contributed by atoms with Crippen molar-refractivity contribution in [2.45, 2.75) is 6.92 Å². The van der Waals surface area contributed by atoms with Gasteiger partial charge in [-0.05, 0) is 13.0 Å². The molecule has 1 heterocycles. The summed E-state index contributed by atoms with van der Waals surface area (Å²) in [6.07, 6.45) is 0. The molecule has 2 aromatic rings. The molecule has 2 rings (SSSR count). The lowest BCUT2D eigenvalue weighted by molar-refractivity contribution is 0.0829. The van der Waals surface area contributed by atoms with Crippen LogP contribution < -0.4 is 0 Å². The van der Waals surface area contributed by atoms with Crippen LogP contribution in [0.5, 0.6) is 0 Å². The van der Waals surface area contributed by atoms with E-state index in [9.17, 15) is 13.6 Å². The third-order valence-electron chi connectivity index (χ3n) is 2.63. The number of nitrogens with zero attached hydrogens (tertiary/aromatic N) is 1. The van der Waals surface area contributed by atoms with Crippen molar-refractivity contribution in [3.63, 3.8) is 0 Å². The number of nitrogens with one attached hydrogen (secondary N) is 1. The smallest absolute Gasteiger partial charge is 0.255 e. The Morgan fingerprint density at radius 1 is 1.29 bits per heavy atom. The van der Waals surface area contributed by atoms with Gasteiger partial charge in [0.2, 0.25) is 0 Å². The molecule has 17 heavy (non-hydrogen) atoms. The molecule has 0 aliphatic rings. The summed E-state index contributed by atoms with van der Waals surface area (Å²) in [6, 6.07) is 1.96. The largest absolute Gasteiger partial charge is 0.356 e. The molecule has 0 saturated carbocycles. The zero-order valence-electron chi connectivity index (χ0n) is 9.77. The number of hydrogen-bond acceptors (Lipinski definition) is 1. The van der Waals surface area contributed by atoms with Crippen LogP contribution in [0.2, 0.25) is 0 Å². The Kier molecular flexibility index (Phi) is 2.61. The van der Waals surface area contributed by atoms with Gasteiger partial charge in [-0.1, -0.05) is 0 Å². The highest BCUT2D eigenvalue weighted by Gasteiger charge is 2.20. The number of aromatic amines is 1. The van der Waals surface area contributed by atoms with Gasteiger partial charge >= 0.3 is 0 Å². The molecule has 1 aromatic heterocycles. The number of rotatable bonds is 1. The molecule has 90 valence electrons. The van der Waals surface area contributed by atoms with Crippen molar-refractivity contribution in [3.8, 4) is 0 Å². The number of fused-ring (bicyclic) bond motifs is 1. The monoisotopic (exact) mass is 238 g/mol. The van der Waals surface area contributed by atoms with Gasteiger partial charge in [0.1, 0.15) is 11.6 Å². The van der Waals surface area contributed by atoms with Crippen LogP contribution in [0.25, 0.3) is 10.9 Å². The number of aromatic nitrogens is 1. The number of carbonyl (C=O) groups excluding carboxylic acids is 1. The van der Waals surface area contributed by atoms with Gasteiger partial charge in [-0.3, -0.25) is 4.79 Å². The van der Waals surface area contributed by atoms with E-state index in [0.717, 1.165) is 6.07 Å². The quantitative estimate of drug-likeness (QED) is 0.814. The maximum atomic E-state index is 13.5. The van der Waals surface area contributed by atoms with Gasteiger partial charge in [0.25, 0.3) is 5.91 Å². The fraction of sp³-hybridized carbons (Fsp3) is 0.250. The van der Waals surface area contributed by atoms with Crippen molar-refractivity contribution in [1.29, 1.82) is 0 Å². The third kappa shape index (κ3) is 1.77. The van der Waals surface area contributed by atoms with Crippen molar-refractivity contribution in [3.05, 3.63) is 35.0 Å². The number of amides is 1. The number of carbonyl (C=O) groups is 1. The highest BCUT2D eigenvalue weighted by Crippen LogP contribution is 2.26. The summed E-state index contributed by atoms with van der Waals surface area (Å²) in [7, 11) is 3.19. The molecule has 5 heteroatoms. The number of hydrogen-bond donors (Lipinski definition) is 1. The summed E-state index contributed by atoms with van der Waals surface area (Å²) in [6.45, 7) is 1.66. The lowest BCUT2D eigenvalue weighted by Gasteiger charge is -2.10. The lowest BCUT2D eigenvalue weighted by Crippen LogP contribution is -2.22. The Hall–Kier alpha value is -1.91. The second-order valence-electron chi connectivity index (χ2n) is 4.13. The molecule has 0 spiro atoms. The van der Waals surface area contributed by atoms with Crippen molar-refractivity contribution in [2.75, 3.05) is 14.1 Å². The van der Waals surface area contributed by atoms with Gasteiger partial charge in [-0.25, -0.2) is 8.78 Å². The van der Waals surface area contributed by atoms with E-state index >= 15 is 0 Å². The summed E-state index contributed by atoms with van der Waals surface area (Å²) >= 11 is 0. The maximum Gasteiger partial charge on any atom is 0.255 e. The van der Waals surface area contributed by atoms with E-state index in [1.54, 1.807) is 21.0 Å². The first-order chi connectivity index (χ1) is 7.91. The number of halogens is 2. The Balaban J connectivity index is 2.79. The van der Waals surface area contributed by atoms with Crippen LogP contribution >= 0.6 is 0 Å². The van der Waals surface area contributed by atoms with E-state index in [0.29, 0.717) is 11.3 Å². The minimum absolute atomic E-state index is 0.161. The molecule has 0 bridgehead atoms. The topological polar surface area (TPSA) is 36.1 Å². The van der Waals surface area contributed by atoms with Crippen LogP contribution in [0.3, 0.4) is 0 Å². The van der Waals surface area contributed by atoms with Gasteiger partial charge in [-0.2, -0.15) is 0 Å². The molecule has 0 unspecified atom stereocenters. The van der Waals surface area contributed by atoms with Crippen LogP contribution in [-0.4, -0.2) is 29.9 Å². The van der Waals surface area contributed by atoms with E-state index in [1.807, 2.05) is 0 Å². The summed E-state index contributed by atoms with van der Waals surface area (Å²) in [4.78, 5) is 16.1. The molecule has 0 fully saturated rings. The highest BCUT2D eigenvalue weighted by atomic mass is 19.1. The lowest BCUT2D eigenvalue weighted by atomic mass is 10.1. The van der Waals surface area contributed by atoms with E-state index < -0.39 is 11.6 Å². The van der Waals surface area contributed by atoms with Gasteiger partial charge in [-0.15, -0.1) is 0 Å². The summed E-state index contributed by atoms with van der Waals surface area (Å²) in [5, 5.41) is 0.277. The molecule has 0 aliphatic carbocycles. The minimum Gasteiger partial charge on any atom is -0.356 e. The van der Waals surface area contributed by atoms with E-state index in [1.165, 1.54) is 11.0 Å². The normalized spacial score (nSPS) is 10.9. The average Bonchev–Trinajstić information content (AvgIpc) is 2.54. The second kappa shape index (κ2) is 3.84. The number of aryl methyl sites for hydroxylation is 1. The Bertz CT molecular complexity index is 602. The first-order valence-electron chi connectivity index (χ1n) is 5.10. The molecule has 0 radical (unpaired) electrons. The summed E-state index contributed by atoms with van der Waals surface area (Å²) < 4.78 is 26.7. The van der Waals surface area contributed by atoms with Crippen LogP contribution in [0, 0.1) is 18.6 Å². The van der Waals surface area contributed by atoms with Gasteiger partial charge < -0.3 is 9.88 Å². The first-order valence-corrected chi connectivity index (χ1v) is 5.10. The maximum absolute atomic E-state index is 13.5. The van der Waals surface area contributed by atoms with Crippen LogP contribution in [-0.2, 0) is 0 Å². The van der Waals surface area contributed by atoms with Crippen molar-refractivity contribution in [1.82, 2.24) is 9.88 Å². The van der Waals surface area contributed by atoms with Gasteiger partial charge in [0.05, 0.1) is 11.1 Å². The molecule has 0 aliphatic heterocycles. The first kappa shape index (κ1) is 11.6. The molecule has 3 nitrogen and oxygen atoms in total. The SMILES string of the molecule is Cc1[nH]c2c(F)cc(F)cc2c1C(=O)N(C)C. The van der Waals surface area contributed by atoms with Crippen molar-refractivity contribution >= 4 is 16.8 Å². The minimum atomic E-state index is -0.694. The predicted molar refractivity (Wildman–Crippen MR) is 61.0 cm³/mol. The molecular weight excluding hydrogens is 226 g/mol. The van der Waals surface area contributed by atoms with Crippen LogP contribution in [0.15, 0.2) is 12.1 Å². The van der Waals surface area contributed by atoms with Gasteiger partial charge in [0, 0.05) is 31.2 Å². The van der Waals surface area contributed by atoms with Crippen molar-refractivity contribution < 1.29 is 13.6 Å². The summed E-state index contributed by atoms with van der Waals surface area (Å²) in [5.41, 5.74) is 1.00. The Labute approximate surface area is 97.0 Å². The van der Waals surface area contributed by atoms with Crippen molar-refractivity contribution in [2.24, 2.45) is 0 Å². The Morgan fingerprint density at radius 2 is 1.94 bits per heavy atom. The van der Waals surface area contributed by atoms with Crippen LogP contribution in [0.4, 0.5) is 8.78 Å². The fourth-order valence-electron chi connectivity index (χ4n) is 1.85. The molecule has 1 amide bonds. The molecular formula is C12H12F2N2O. The second-order valence-corrected chi connectivity index (χ2v) is 4.13.